The van der Waals surface area contributed by atoms with E-state index in [0.717, 1.165) is 0 Å². The highest BCUT2D eigenvalue weighted by atomic mass is 32.2. The van der Waals surface area contributed by atoms with E-state index in [1.807, 2.05) is 0 Å². The summed E-state index contributed by atoms with van der Waals surface area (Å²) < 4.78 is 28.5. The monoisotopic (exact) mass is 315 g/mol. The van der Waals surface area contributed by atoms with E-state index in [4.69, 9.17) is 15.6 Å². The van der Waals surface area contributed by atoms with Gasteiger partial charge in [-0.1, -0.05) is 0 Å². The van der Waals surface area contributed by atoms with E-state index in [0.29, 0.717) is 11.3 Å². The highest BCUT2D eigenvalue weighted by Gasteiger charge is 2.13. The third kappa shape index (κ3) is 5.82. The topological polar surface area (TPSA) is 124 Å². The number of hydrogen-bond acceptors (Lipinski definition) is 5. The summed E-state index contributed by atoms with van der Waals surface area (Å²) in [5.41, 5.74) is 5.63. The van der Waals surface area contributed by atoms with Crippen molar-refractivity contribution in [3.8, 4) is 5.75 Å². The van der Waals surface area contributed by atoms with Crippen molar-refractivity contribution in [2.75, 3.05) is 18.1 Å². The SMILES string of the molecule is Cc1cc(C(=O)O)ccc1OCCS(=O)(=O)CCC(N)=O. The summed E-state index contributed by atoms with van der Waals surface area (Å²) in [4.78, 5) is 21.3. The summed E-state index contributed by atoms with van der Waals surface area (Å²) in [7, 11) is -3.40. The van der Waals surface area contributed by atoms with Crippen molar-refractivity contribution in [1.29, 1.82) is 0 Å². The molecule has 0 heterocycles. The van der Waals surface area contributed by atoms with Gasteiger partial charge in [-0.2, -0.15) is 0 Å². The van der Waals surface area contributed by atoms with Gasteiger partial charge in [-0.25, -0.2) is 13.2 Å². The summed E-state index contributed by atoms with van der Waals surface area (Å²) in [6.07, 6.45) is -0.214. The predicted molar refractivity (Wildman–Crippen MR) is 76.1 cm³/mol. The second kappa shape index (κ2) is 7.07. The molecule has 0 unspecified atom stereocenters. The lowest BCUT2D eigenvalue weighted by molar-refractivity contribution is -0.117. The smallest absolute Gasteiger partial charge is 0.335 e. The van der Waals surface area contributed by atoms with Crippen LogP contribution in [-0.2, 0) is 14.6 Å². The Hall–Kier alpha value is -2.09. The Labute approximate surface area is 122 Å². The van der Waals surface area contributed by atoms with E-state index in [-0.39, 0.29) is 30.1 Å². The summed E-state index contributed by atoms with van der Waals surface area (Å²) in [5.74, 6) is -1.83. The van der Waals surface area contributed by atoms with Crippen molar-refractivity contribution in [3.05, 3.63) is 29.3 Å². The Morgan fingerprint density at radius 3 is 2.48 bits per heavy atom. The Balaban J connectivity index is 2.56. The average molecular weight is 315 g/mol. The third-order valence-electron chi connectivity index (χ3n) is 2.73. The lowest BCUT2D eigenvalue weighted by Gasteiger charge is -2.10. The van der Waals surface area contributed by atoms with Crippen LogP contribution in [0.4, 0.5) is 0 Å². The van der Waals surface area contributed by atoms with Gasteiger partial charge in [0.05, 0.1) is 17.1 Å². The molecule has 0 aliphatic rings. The lowest BCUT2D eigenvalue weighted by Crippen LogP contribution is -2.21. The molecule has 0 spiro atoms. The standard InChI is InChI=1S/C13H17NO6S/c1-9-8-10(13(16)17)2-3-11(9)20-5-7-21(18,19)6-4-12(14)15/h2-3,8H,4-7H2,1H3,(H2,14,15)(H,16,17). The molecule has 0 saturated carbocycles. The van der Waals surface area contributed by atoms with Crippen molar-refractivity contribution in [2.24, 2.45) is 5.73 Å². The number of nitrogens with two attached hydrogens (primary N) is 1. The lowest BCUT2D eigenvalue weighted by atomic mass is 10.1. The van der Waals surface area contributed by atoms with E-state index in [2.05, 4.69) is 0 Å². The largest absolute Gasteiger partial charge is 0.492 e. The first-order valence-electron chi connectivity index (χ1n) is 6.17. The van der Waals surface area contributed by atoms with E-state index >= 15 is 0 Å². The number of rotatable bonds is 8. The van der Waals surface area contributed by atoms with Gasteiger partial charge in [0, 0.05) is 6.42 Å². The van der Waals surface area contributed by atoms with Crippen molar-refractivity contribution in [1.82, 2.24) is 0 Å². The van der Waals surface area contributed by atoms with Crippen LogP contribution in [0.2, 0.25) is 0 Å². The number of ether oxygens (including phenoxy) is 1. The van der Waals surface area contributed by atoms with Gasteiger partial charge in [0.2, 0.25) is 5.91 Å². The second-order valence-corrected chi connectivity index (χ2v) is 6.81. The quantitative estimate of drug-likeness (QED) is 0.714. The zero-order valence-electron chi connectivity index (χ0n) is 11.5. The van der Waals surface area contributed by atoms with Crippen LogP contribution in [0.1, 0.15) is 22.3 Å². The molecule has 0 saturated heterocycles. The van der Waals surface area contributed by atoms with Gasteiger partial charge >= 0.3 is 5.97 Å². The molecule has 8 heteroatoms. The maximum Gasteiger partial charge on any atom is 0.335 e. The first kappa shape index (κ1) is 17.0. The van der Waals surface area contributed by atoms with Crippen LogP contribution in [0.15, 0.2) is 18.2 Å². The van der Waals surface area contributed by atoms with Crippen LogP contribution < -0.4 is 10.5 Å². The van der Waals surface area contributed by atoms with Crippen LogP contribution in [0.5, 0.6) is 5.75 Å². The Bertz CT molecular complexity index is 638. The molecule has 0 aromatic heterocycles. The van der Waals surface area contributed by atoms with Crippen LogP contribution in [0.3, 0.4) is 0 Å². The average Bonchev–Trinajstić information content (AvgIpc) is 2.38. The van der Waals surface area contributed by atoms with Gasteiger partial charge in [-0.15, -0.1) is 0 Å². The Morgan fingerprint density at radius 2 is 1.95 bits per heavy atom. The number of aryl methyl sites for hydroxylation is 1. The van der Waals surface area contributed by atoms with Crippen molar-refractivity contribution in [2.45, 2.75) is 13.3 Å². The highest BCUT2D eigenvalue weighted by Crippen LogP contribution is 2.19. The number of benzene rings is 1. The zero-order valence-corrected chi connectivity index (χ0v) is 12.4. The number of carbonyl (C=O) groups is 2. The molecule has 1 rings (SSSR count). The summed E-state index contributed by atoms with van der Waals surface area (Å²) >= 11 is 0. The third-order valence-corrected chi connectivity index (χ3v) is 4.35. The number of carbonyl (C=O) groups excluding carboxylic acids is 1. The summed E-state index contributed by atoms with van der Waals surface area (Å²) in [6, 6.07) is 4.31. The predicted octanol–water partition coefficient (Wildman–Crippen LogP) is 0.362. The molecule has 1 amide bonds. The minimum absolute atomic E-state index is 0.0750. The summed E-state index contributed by atoms with van der Waals surface area (Å²) in [6.45, 7) is 1.59. The Morgan fingerprint density at radius 1 is 1.29 bits per heavy atom. The highest BCUT2D eigenvalue weighted by molar-refractivity contribution is 7.91. The van der Waals surface area contributed by atoms with E-state index in [9.17, 15) is 18.0 Å². The molecule has 1 aromatic rings. The van der Waals surface area contributed by atoms with Gasteiger partial charge in [0.25, 0.3) is 0 Å². The minimum atomic E-state index is -3.40. The van der Waals surface area contributed by atoms with Gasteiger partial charge in [-0.05, 0) is 30.7 Å². The van der Waals surface area contributed by atoms with Crippen LogP contribution >= 0.6 is 0 Å². The molecular weight excluding hydrogens is 298 g/mol. The molecule has 0 fully saturated rings. The number of amides is 1. The van der Waals surface area contributed by atoms with Crippen LogP contribution in [0, 0.1) is 6.92 Å². The molecule has 0 aliphatic carbocycles. The van der Waals surface area contributed by atoms with E-state index in [1.54, 1.807) is 6.92 Å². The fraction of sp³-hybridized carbons (Fsp3) is 0.385. The number of aromatic carboxylic acids is 1. The molecule has 116 valence electrons. The van der Waals surface area contributed by atoms with Gasteiger partial charge in [-0.3, -0.25) is 4.79 Å². The normalized spacial score (nSPS) is 11.1. The van der Waals surface area contributed by atoms with Crippen molar-refractivity contribution in [3.63, 3.8) is 0 Å². The van der Waals surface area contributed by atoms with E-state index < -0.39 is 21.7 Å². The van der Waals surface area contributed by atoms with Gasteiger partial charge in [0.15, 0.2) is 9.84 Å². The molecule has 7 nitrogen and oxygen atoms in total. The minimum Gasteiger partial charge on any atom is -0.492 e. The first-order chi connectivity index (χ1) is 9.71. The van der Waals surface area contributed by atoms with Gasteiger partial charge < -0.3 is 15.6 Å². The number of primary amides is 1. The Kier molecular flexibility index (Phi) is 5.71. The van der Waals surface area contributed by atoms with E-state index in [1.165, 1.54) is 18.2 Å². The number of carboxylic acid groups (broad SMARTS) is 1. The first-order valence-corrected chi connectivity index (χ1v) is 7.99. The molecule has 0 bridgehead atoms. The van der Waals surface area contributed by atoms with Crippen LogP contribution in [-0.4, -0.2) is 43.5 Å². The maximum atomic E-state index is 11.6. The molecule has 1 aromatic carbocycles. The van der Waals surface area contributed by atoms with Crippen LogP contribution in [0.25, 0.3) is 0 Å². The molecular formula is C13H17NO6S. The maximum absolute atomic E-state index is 11.6. The molecule has 21 heavy (non-hydrogen) atoms. The summed E-state index contributed by atoms with van der Waals surface area (Å²) in [5, 5.41) is 8.83. The molecule has 3 N–H and O–H groups in total. The fourth-order valence-electron chi connectivity index (χ4n) is 1.58. The molecule has 0 aliphatic heterocycles. The fourth-order valence-corrected chi connectivity index (χ4v) is 2.63. The second-order valence-electron chi connectivity index (χ2n) is 4.50. The van der Waals surface area contributed by atoms with Crippen molar-refractivity contribution >= 4 is 21.7 Å². The zero-order chi connectivity index (χ0) is 16.0. The molecule has 0 atom stereocenters. The number of carboxylic acids is 1. The molecule has 0 radical (unpaired) electrons. The van der Waals surface area contributed by atoms with Gasteiger partial charge in [0.1, 0.15) is 12.4 Å². The van der Waals surface area contributed by atoms with Crippen molar-refractivity contribution < 1.29 is 27.9 Å². The number of hydrogen-bond donors (Lipinski definition) is 2. The number of sulfone groups is 1.